The summed E-state index contributed by atoms with van der Waals surface area (Å²) in [6, 6.07) is 12.6. The Morgan fingerprint density at radius 1 is 1.06 bits per heavy atom. The van der Waals surface area contributed by atoms with Gasteiger partial charge >= 0.3 is 0 Å². The Morgan fingerprint density at radius 2 is 1.88 bits per heavy atom. The van der Waals surface area contributed by atoms with Crippen molar-refractivity contribution in [1.82, 2.24) is 9.97 Å². The molecule has 0 aliphatic rings. The number of hydrogen-bond acceptors (Lipinski definition) is 5. The van der Waals surface area contributed by atoms with Crippen LogP contribution in [0, 0.1) is 22.7 Å². The van der Waals surface area contributed by atoms with E-state index in [1.807, 2.05) is 12.1 Å². The van der Waals surface area contributed by atoms with Crippen molar-refractivity contribution in [2.24, 2.45) is 0 Å². The summed E-state index contributed by atoms with van der Waals surface area (Å²) < 4.78 is 0. The SMILES string of the molecule is N#Cc1cc(Nc2ccccc2C#N)ncn1. The van der Waals surface area contributed by atoms with Gasteiger partial charge in [-0.05, 0) is 12.1 Å². The van der Waals surface area contributed by atoms with Crippen LogP contribution in [0.5, 0.6) is 0 Å². The zero-order chi connectivity index (χ0) is 12.1. The first-order chi connectivity index (χ1) is 8.33. The van der Waals surface area contributed by atoms with Gasteiger partial charge in [0.05, 0.1) is 11.3 Å². The van der Waals surface area contributed by atoms with Crippen LogP contribution in [0.2, 0.25) is 0 Å². The Morgan fingerprint density at radius 3 is 2.65 bits per heavy atom. The number of anilines is 2. The maximum Gasteiger partial charge on any atom is 0.145 e. The van der Waals surface area contributed by atoms with Crippen molar-refractivity contribution in [3.05, 3.63) is 47.9 Å². The van der Waals surface area contributed by atoms with Gasteiger partial charge in [-0.25, -0.2) is 9.97 Å². The average Bonchev–Trinajstić information content (AvgIpc) is 2.39. The van der Waals surface area contributed by atoms with Crippen LogP contribution >= 0.6 is 0 Å². The van der Waals surface area contributed by atoms with Crippen molar-refractivity contribution in [2.45, 2.75) is 0 Å². The van der Waals surface area contributed by atoms with Gasteiger partial charge in [0.2, 0.25) is 0 Å². The highest BCUT2D eigenvalue weighted by molar-refractivity contribution is 5.64. The molecule has 1 heterocycles. The summed E-state index contributed by atoms with van der Waals surface area (Å²) in [5.41, 5.74) is 1.44. The zero-order valence-electron chi connectivity index (χ0n) is 8.75. The molecule has 0 aliphatic carbocycles. The third kappa shape index (κ3) is 2.36. The largest absolute Gasteiger partial charge is 0.339 e. The maximum absolute atomic E-state index is 8.92. The first-order valence-electron chi connectivity index (χ1n) is 4.82. The zero-order valence-corrected chi connectivity index (χ0v) is 8.75. The number of hydrogen-bond donors (Lipinski definition) is 1. The molecule has 0 bridgehead atoms. The first kappa shape index (κ1) is 10.6. The van der Waals surface area contributed by atoms with Crippen molar-refractivity contribution in [2.75, 3.05) is 5.32 Å². The molecular formula is C12H7N5. The Balaban J connectivity index is 2.32. The van der Waals surface area contributed by atoms with Crippen molar-refractivity contribution in [1.29, 1.82) is 10.5 Å². The molecule has 2 rings (SSSR count). The van der Waals surface area contributed by atoms with Crippen LogP contribution in [0.1, 0.15) is 11.3 Å². The van der Waals surface area contributed by atoms with E-state index >= 15 is 0 Å². The van der Waals surface area contributed by atoms with Crippen LogP contribution in [-0.2, 0) is 0 Å². The van der Waals surface area contributed by atoms with E-state index in [1.54, 1.807) is 18.2 Å². The van der Waals surface area contributed by atoms with Gasteiger partial charge < -0.3 is 5.32 Å². The summed E-state index contributed by atoms with van der Waals surface area (Å²) in [5, 5.41) is 20.6. The quantitative estimate of drug-likeness (QED) is 0.837. The number of nitriles is 2. The lowest BCUT2D eigenvalue weighted by Crippen LogP contribution is -1.97. The molecule has 5 nitrogen and oxygen atoms in total. The first-order valence-corrected chi connectivity index (χ1v) is 4.82. The van der Waals surface area contributed by atoms with Gasteiger partial charge in [-0.2, -0.15) is 10.5 Å². The minimum absolute atomic E-state index is 0.275. The van der Waals surface area contributed by atoms with Gasteiger partial charge in [0.1, 0.15) is 30.0 Å². The lowest BCUT2D eigenvalue weighted by molar-refractivity contribution is 1.14. The summed E-state index contributed by atoms with van der Waals surface area (Å²) in [6.07, 6.45) is 1.30. The van der Waals surface area contributed by atoms with Crippen LogP contribution in [0.3, 0.4) is 0 Å². The molecule has 0 saturated carbocycles. The van der Waals surface area contributed by atoms with E-state index in [-0.39, 0.29) is 5.69 Å². The molecule has 1 aromatic heterocycles. The smallest absolute Gasteiger partial charge is 0.145 e. The highest BCUT2D eigenvalue weighted by atomic mass is 15.0. The van der Waals surface area contributed by atoms with Gasteiger partial charge in [0.15, 0.2) is 0 Å². The van der Waals surface area contributed by atoms with E-state index in [4.69, 9.17) is 10.5 Å². The molecule has 0 atom stereocenters. The molecule has 1 N–H and O–H groups in total. The molecule has 5 heteroatoms. The highest BCUT2D eigenvalue weighted by Crippen LogP contribution is 2.18. The van der Waals surface area contributed by atoms with Gasteiger partial charge in [-0.3, -0.25) is 0 Å². The maximum atomic E-state index is 8.92. The fourth-order valence-corrected chi connectivity index (χ4v) is 1.31. The van der Waals surface area contributed by atoms with Crippen molar-refractivity contribution in [3.8, 4) is 12.1 Å². The number of benzene rings is 1. The summed E-state index contributed by atoms with van der Waals surface area (Å²) in [6.45, 7) is 0. The van der Waals surface area contributed by atoms with E-state index in [0.717, 1.165) is 0 Å². The molecule has 0 amide bonds. The minimum atomic E-state index is 0.275. The topological polar surface area (TPSA) is 85.4 Å². The highest BCUT2D eigenvalue weighted by Gasteiger charge is 2.02. The lowest BCUT2D eigenvalue weighted by Gasteiger charge is -2.06. The second-order valence-electron chi connectivity index (χ2n) is 3.18. The molecular weight excluding hydrogens is 214 g/mol. The summed E-state index contributed by atoms with van der Waals surface area (Å²) in [7, 11) is 0. The minimum Gasteiger partial charge on any atom is -0.339 e. The molecule has 1 aromatic carbocycles. The van der Waals surface area contributed by atoms with Gasteiger partial charge in [0.25, 0.3) is 0 Å². The summed E-state index contributed by atoms with van der Waals surface area (Å²) >= 11 is 0. The fraction of sp³-hybridized carbons (Fsp3) is 0. The van der Waals surface area contributed by atoms with Crippen molar-refractivity contribution < 1.29 is 0 Å². The Kier molecular flexibility index (Phi) is 2.95. The molecule has 2 aromatic rings. The van der Waals surface area contributed by atoms with E-state index in [2.05, 4.69) is 21.4 Å². The van der Waals surface area contributed by atoms with E-state index in [0.29, 0.717) is 17.1 Å². The predicted molar refractivity (Wildman–Crippen MR) is 61.2 cm³/mol. The monoisotopic (exact) mass is 221 g/mol. The lowest BCUT2D eigenvalue weighted by atomic mass is 10.2. The number of nitrogens with one attached hydrogen (secondary N) is 1. The summed E-state index contributed by atoms with van der Waals surface area (Å²) in [5.74, 6) is 0.485. The predicted octanol–water partition coefficient (Wildman–Crippen LogP) is 1.96. The molecule has 0 saturated heterocycles. The van der Waals surface area contributed by atoms with Crippen LogP contribution in [0.4, 0.5) is 11.5 Å². The number of para-hydroxylation sites is 1. The molecule has 0 unspecified atom stereocenters. The van der Waals surface area contributed by atoms with E-state index < -0.39 is 0 Å². The van der Waals surface area contributed by atoms with Crippen LogP contribution in [0.25, 0.3) is 0 Å². The third-order valence-corrected chi connectivity index (χ3v) is 2.09. The molecule has 0 fully saturated rings. The third-order valence-electron chi connectivity index (χ3n) is 2.09. The summed E-state index contributed by atoms with van der Waals surface area (Å²) in [4.78, 5) is 7.74. The van der Waals surface area contributed by atoms with E-state index in [1.165, 1.54) is 12.4 Å². The molecule has 0 spiro atoms. The average molecular weight is 221 g/mol. The van der Waals surface area contributed by atoms with Crippen LogP contribution in [0.15, 0.2) is 36.7 Å². The van der Waals surface area contributed by atoms with Crippen LogP contribution < -0.4 is 5.32 Å². The number of aromatic nitrogens is 2. The number of rotatable bonds is 2. The Bertz CT molecular complexity index is 621. The van der Waals surface area contributed by atoms with Gasteiger partial charge in [-0.1, -0.05) is 12.1 Å². The fourth-order valence-electron chi connectivity index (χ4n) is 1.31. The Hall–Kier alpha value is -2.92. The number of nitrogens with zero attached hydrogens (tertiary/aromatic N) is 4. The van der Waals surface area contributed by atoms with Crippen molar-refractivity contribution >= 4 is 11.5 Å². The Labute approximate surface area is 98.0 Å². The molecule has 17 heavy (non-hydrogen) atoms. The van der Waals surface area contributed by atoms with Gasteiger partial charge in [-0.15, -0.1) is 0 Å². The molecule has 0 aliphatic heterocycles. The van der Waals surface area contributed by atoms with Gasteiger partial charge in [0, 0.05) is 6.07 Å². The normalized spacial score (nSPS) is 9.06. The molecule has 80 valence electrons. The molecule has 0 radical (unpaired) electrons. The van der Waals surface area contributed by atoms with Crippen LogP contribution in [-0.4, -0.2) is 9.97 Å². The van der Waals surface area contributed by atoms with Crippen molar-refractivity contribution in [3.63, 3.8) is 0 Å². The standard InChI is InChI=1S/C12H7N5/c13-6-9-3-1-2-4-11(9)17-12-5-10(7-14)15-8-16-12/h1-5,8H,(H,15,16,17). The second-order valence-corrected chi connectivity index (χ2v) is 3.18. The van der Waals surface area contributed by atoms with E-state index in [9.17, 15) is 0 Å². The second kappa shape index (κ2) is 4.73.